The Balaban J connectivity index is 2.05. The fourth-order valence-corrected chi connectivity index (χ4v) is 1.75. The molecule has 0 saturated heterocycles. The van der Waals surface area contributed by atoms with E-state index in [1.807, 2.05) is 42.8 Å². The van der Waals surface area contributed by atoms with Gasteiger partial charge in [-0.3, -0.25) is 0 Å². The Labute approximate surface area is 103 Å². The lowest BCUT2D eigenvalue weighted by Crippen LogP contribution is -2.02. The second-order valence-electron chi connectivity index (χ2n) is 3.68. The topological polar surface area (TPSA) is 27.1 Å². The van der Waals surface area contributed by atoms with Gasteiger partial charge in [0.15, 0.2) is 4.73 Å². The Hall–Kier alpha value is -1.29. The third-order valence-electron chi connectivity index (χ3n) is 2.40. The Morgan fingerprint density at radius 3 is 2.88 bits per heavy atom. The molecule has 0 amide bonds. The molecule has 16 heavy (non-hydrogen) atoms. The number of aryl methyl sites for hydroxylation is 1. The highest BCUT2D eigenvalue weighted by Gasteiger charge is 2.04. The molecule has 1 aromatic carbocycles. The van der Waals surface area contributed by atoms with Crippen LogP contribution in [-0.4, -0.2) is 9.55 Å². The average molecular weight is 281 g/mol. The van der Waals surface area contributed by atoms with Crippen molar-refractivity contribution in [2.24, 2.45) is 7.05 Å². The van der Waals surface area contributed by atoms with Gasteiger partial charge in [0.25, 0.3) is 0 Å². The van der Waals surface area contributed by atoms with E-state index in [1.165, 1.54) is 5.56 Å². The summed E-state index contributed by atoms with van der Waals surface area (Å²) in [6.45, 7) is 2.58. The molecule has 0 N–H and O–H groups in total. The standard InChI is InChI=1S/C12H13BrN2O/c1-9-4-3-5-11(6-9)16-8-10-7-14-12(13)15(10)2/h3-7H,8H2,1-2H3. The van der Waals surface area contributed by atoms with Crippen LogP contribution in [0.1, 0.15) is 11.3 Å². The first-order chi connectivity index (χ1) is 7.66. The highest BCUT2D eigenvalue weighted by molar-refractivity contribution is 9.10. The average Bonchev–Trinajstić information content (AvgIpc) is 2.57. The predicted octanol–water partition coefficient (Wildman–Crippen LogP) is 3.07. The van der Waals surface area contributed by atoms with E-state index >= 15 is 0 Å². The second-order valence-corrected chi connectivity index (χ2v) is 4.39. The van der Waals surface area contributed by atoms with E-state index in [-0.39, 0.29) is 0 Å². The molecule has 0 aliphatic heterocycles. The fourth-order valence-electron chi connectivity index (χ4n) is 1.42. The van der Waals surface area contributed by atoms with E-state index in [0.29, 0.717) is 6.61 Å². The van der Waals surface area contributed by atoms with Gasteiger partial charge in [0.2, 0.25) is 0 Å². The largest absolute Gasteiger partial charge is 0.487 e. The maximum absolute atomic E-state index is 5.69. The van der Waals surface area contributed by atoms with Gasteiger partial charge in [-0.25, -0.2) is 4.98 Å². The van der Waals surface area contributed by atoms with Crippen LogP contribution < -0.4 is 4.74 Å². The van der Waals surface area contributed by atoms with E-state index in [4.69, 9.17) is 4.74 Å². The highest BCUT2D eigenvalue weighted by atomic mass is 79.9. The molecule has 0 bridgehead atoms. The van der Waals surface area contributed by atoms with Crippen LogP contribution in [0.2, 0.25) is 0 Å². The molecule has 1 heterocycles. The van der Waals surface area contributed by atoms with Crippen molar-refractivity contribution in [3.8, 4) is 5.75 Å². The second kappa shape index (κ2) is 4.70. The molecule has 2 rings (SSSR count). The number of hydrogen-bond acceptors (Lipinski definition) is 2. The summed E-state index contributed by atoms with van der Waals surface area (Å²) in [5.41, 5.74) is 2.23. The normalized spacial score (nSPS) is 10.4. The van der Waals surface area contributed by atoms with Crippen LogP contribution in [-0.2, 0) is 13.7 Å². The maximum atomic E-state index is 5.69. The zero-order valence-corrected chi connectivity index (χ0v) is 10.9. The molecule has 0 spiro atoms. The van der Waals surface area contributed by atoms with Crippen molar-refractivity contribution in [2.75, 3.05) is 0 Å². The molecule has 0 saturated carbocycles. The summed E-state index contributed by atoms with van der Waals surface area (Å²) in [4.78, 5) is 4.15. The Kier molecular flexibility index (Phi) is 3.29. The summed E-state index contributed by atoms with van der Waals surface area (Å²) in [5.74, 6) is 0.886. The van der Waals surface area contributed by atoms with Crippen LogP contribution in [0.25, 0.3) is 0 Å². The Bertz CT molecular complexity index is 494. The quantitative estimate of drug-likeness (QED) is 0.864. The van der Waals surface area contributed by atoms with Gasteiger partial charge in [0.1, 0.15) is 12.4 Å². The summed E-state index contributed by atoms with van der Waals surface area (Å²) in [7, 11) is 1.95. The van der Waals surface area contributed by atoms with Crippen LogP contribution in [0.4, 0.5) is 0 Å². The van der Waals surface area contributed by atoms with Gasteiger partial charge in [0.05, 0.1) is 11.9 Å². The van der Waals surface area contributed by atoms with Crippen LogP contribution in [0.15, 0.2) is 35.2 Å². The minimum Gasteiger partial charge on any atom is -0.487 e. The first kappa shape index (κ1) is 11.2. The third-order valence-corrected chi connectivity index (χ3v) is 3.14. The van der Waals surface area contributed by atoms with Crippen molar-refractivity contribution in [1.82, 2.24) is 9.55 Å². The number of hydrogen-bond donors (Lipinski definition) is 0. The molecule has 0 fully saturated rings. The van der Waals surface area contributed by atoms with Crippen molar-refractivity contribution >= 4 is 15.9 Å². The van der Waals surface area contributed by atoms with Gasteiger partial charge in [-0.15, -0.1) is 0 Å². The van der Waals surface area contributed by atoms with Gasteiger partial charge < -0.3 is 9.30 Å². The monoisotopic (exact) mass is 280 g/mol. The lowest BCUT2D eigenvalue weighted by molar-refractivity contribution is 0.296. The molecule has 4 heteroatoms. The molecule has 1 aromatic heterocycles. The van der Waals surface area contributed by atoms with Crippen LogP contribution in [0.5, 0.6) is 5.75 Å². The fraction of sp³-hybridized carbons (Fsp3) is 0.250. The van der Waals surface area contributed by atoms with Crippen molar-refractivity contribution in [3.05, 3.63) is 46.5 Å². The van der Waals surface area contributed by atoms with E-state index in [9.17, 15) is 0 Å². The van der Waals surface area contributed by atoms with E-state index in [2.05, 4.69) is 20.9 Å². The summed E-state index contributed by atoms with van der Waals surface area (Å²) in [6, 6.07) is 8.02. The first-order valence-electron chi connectivity index (χ1n) is 5.02. The number of benzene rings is 1. The highest BCUT2D eigenvalue weighted by Crippen LogP contribution is 2.15. The SMILES string of the molecule is Cc1cccc(OCc2cnc(Br)n2C)c1. The van der Waals surface area contributed by atoms with Gasteiger partial charge in [-0.05, 0) is 40.5 Å². The van der Waals surface area contributed by atoms with Crippen molar-refractivity contribution in [1.29, 1.82) is 0 Å². The molecule has 2 aromatic rings. The van der Waals surface area contributed by atoms with Crippen LogP contribution in [0, 0.1) is 6.92 Å². The lowest BCUT2D eigenvalue weighted by atomic mass is 10.2. The molecule has 84 valence electrons. The zero-order valence-electron chi connectivity index (χ0n) is 9.27. The minimum absolute atomic E-state index is 0.526. The van der Waals surface area contributed by atoms with Crippen LogP contribution in [0.3, 0.4) is 0 Å². The number of rotatable bonds is 3. The van der Waals surface area contributed by atoms with E-state index in [0.717, 1.165) is 16.2 Å². The van der Waals surface area contributed by atoms with Gasteiger partial charge in [-0.1, -0.05) is 12.1 Å². The molecular formula is C12H13BrN2O. The maximum Gasteiger partial charge on any atom is 0.177 e. The van der Waals surface area contributed by atoms with Crippen molar-refractivity contribution in [2.45, 2.75) is 13.5 Å². The lowest BCUT2D eigenvalue weighted by Gasteiger charge is -2.07. The summed E-state index contributed by atoms with van der Waals surface area (Å²) in [6.07, 6.45) is 1.81. The molecular weight excluding hydrogens is 268 g/mol. The number of halogens is 1. The minimum atomic E-state index is 0.526. The molecule has 0 unspecified atom stereocenters. The predicted molar refractivity (Wildman–Crippen MR) is 66.4 cm³/mol. The molecule has 3 nitrogen and oxygen atoms in total. The number of aromatic nitrogens is 2. The summed E-state index contributed by atoms with van der Waals surface area (Å²) in [5, 5.41) is 0. The van der Waals surface area contributed by atoms with E-state index < -0.39 is 0 Å². The van der Waals surface area contributed by atoms with Crippen molar-refractivity contribution in [3.63, 3.8) is 0 Å². The zero-order chi connectivity index (χ0) is 11.5. The van der Waals surface area contributed by atoms with Gasteiger partial charge in [0, 0.05) is 7.05 Å². The molecule has 0 radical (unpaired) electrons. The van der Waals surface area contributed by atoms with E-state index in [1.54, 1.807) is 6.20 Å². The number of nitrogens with zero attached hydrogens (tertiary/aromatic N) is 2. The Morgan fingerprint density at radius 2 is 2.25 bits per heavy atom. The summed E-state index contributed by atoms with van der Waals surface area (Å²) >= 11 is 3.35. The number of ether oxygens (including phenoxy) is 1. The molecule has 0 aliphatic carbocycles. The third kappa shape index (κ3) is 2.44. The molecule has 0 aliphatic rings. The van der Waals surface area contributed by atoms with Crippen molar-refractivity contribution < 1.29 is 4.74 Å². The van der Waals surface area contributed by atoms with Gasteiger partial charge in [-0.2, -0.15) is 0 Å². The molecule has 0 atom stereocenters. The number of imidazole rings is 1. The smallest absolute Gasteiger partial charge is 0.177 e. The van der Waals surface area contributed by atoms with Gasteiger partial charge >= 0.3 is 0 Å². The van der Waals surface area contributed by atoms with Crippen LogP contribution >= 0.6 is 15.9 Å². The summed E-state index contributed by atoms with van der Waals surface area (Å²) < 4.78 is 8.45. The Morgan fingerprint density at radius 1 is 1.44 bits per heavy atom. The first-order valence-corrected chi connectivity index (χ1v) is 5.81.